The van der Waals surface area contributed by atoms with Gasteiger partial charge in [-0.3, -0.25) is 4.79 Å². The van der Waals surface area contributed by atoms with Crippen LogP contribution in [0.4, 0.5) is 5.69 Å². The molecular weight excluding hydrogens is 351 g/mol. The first-order chi connectivity index (χ1) is 8.66. The number of hydrogen-bond donors (Lipinski definition) is 0. The molecule has 0 radical (unpaired) electrons. The lowest BCUT2D eigenvalue weighted by Crippen LogP contribution is -2.13. The van der Waals surface area contributed by atoms with Crippen molar-refractivity contribution in [3.05, 3.63) is 59.5 Å². The van der Waals surface area contributed by atoms with Crippen LogP contribution in [0.1, 0.15) is 15.9 Å². The molecular formula is C15H15IN2O. The molecule has 19 heavy (non-hydrogen) atoms. The zero-order chi connectivity index (χ0) is 12.7. The predicted molar refractivity (Wildman–Crippen MR) is 88.0 cm³/mol. The molecule has 0 saturated heterocycles. The number of hydrogen-bond acceptors (Lipinski definition) is 2. The molecule has 0 N–H and O–H groups in total. The number of rotatable bonds is 1. The molecule has 98 valence electrons. The third-order valence-corrected chi connectivity index (χ3v) is 3.26. The van der Waals surface area contributed by atoms with Crippen LogP contribution in [-0.4, -0.2) is 17.4 Å². The van der Waals surface area contributed by atoms with Gasteiger partial charge in [-0.25, -0.2) is 0 Å². The number of aromatic nitrogens is 1. The summed E-state index contributed by atoms with van der Waals surface area (Å²) < 4.78 is 1.97. The molecule has 2 aromatic rings. The molecule has 1 aliphatic rings. The van der Waals surface area contributed by atoms with Gasteiger partial charge in [0.2, 0.25) is 5.78 Å². The van der Waals surface area contributed by atoms with Crippen LogP contribution >= 0.6 is 24.0 Å². The molecule has 1 aliphatic heterocycles. The molecule has 2 heterocycles. The third-order valence-electron chi connectivity index (χ3n) is 3.26. The molecule has 0 fully saturated rings. The number of aryl methyl sites for hydroxylation is 1. The minimum atomic E-state index is 0. The van der Waals surface area contributed by atoms with E-state index in [1.54, 1.807) is 0 Å². The zero-order valence-corrected chi connectivity index (χ0v) is 13.2. The van der Waals surface area contributed by atoms with E-state index >= 15 is 0 Å². The molecule has 3 nitrogen and oxygen atoms in total. The Kier molecular flexibility index (Phi) is 3.80. The summed E-state index contributed by atoms with van der Waals surface area (Å²) in [6.45, 7) is 0. The second kappa shape index (κ2) is 5.21. The Morgan fingerprint density at radius 2 is 1.84 bits per heavy atom. The van der Waals surface area contributed by atoms with Gasteiger partial charge in [0.05, 0.1) is 11.4 Å². The number of ketones is 1. The van der Waals surface area contributed by atoms with Gasteiger partial charge in [0.25, 0.3) is 0 Å². The molecule has 1 aromatic carbocycles. The molecule has 0 unspecified atom stereocenters. The highest BCUT2D eigenvalue weighted by Gasteiger charge is 2.28. The van der Waals surface area contributed by atoms with Gasteiger partial charge in [-0.15, -0.1) is 24.0 Å². The van der Waals surface area contributed by atoms with Gasteiger partial charge in [-0.05, 0) is 29.8 Å². The summed E-state index contributed by atoms with van der Waals surface area (Å²) in [6.07, 6.45) is 5.90. The summed E-state index contributed by atoms with van der Waals surface area (Å²) in [5.74, 6) is 0.0944. The van der Waals surface area contributed by atoms with Crippen molar-refractivity contribution < 1.29 is 4.79 Å². The normalized spacial score (nSPS) is 15.6. The SMILES string of the molecule is CN1/C(=C/c2ccn(C)c2)C(=O)c2ccccc21.I. The summed E-state index contributed by atoms with van der Waals surface area (Å²) in [5, 5.41) is 0. The Bertz CT molecular complexity index is 658. The standard InChI is InChI=1S/C15H14N2O.HI/c1-16-8-7-11(10-16)9-14-15(18)12-5-3-4-6-13(12)17(14)2;/h3-10H,1-2H3;1H/b14-9+;. The Labute approximate surface area is 129 Å². The average Bonchev–Trinajstić information content (AvgIpc) is 2.88. The number of halogens is 1. The van der Waals surface area contributed by atoms with Crippen LogP contribution in [0.25, 0.3) is 6.08 Å². The maximum atomic E-state index is 12.3. The first-order valence-electron chi connectivity index (χ1n) is 5.88. The van der Waals surface area contributed by atoms with Crippen LogP contribution < -0.4 is 4.90 Å². The van der Waals surface area contributed by atoms with E-state index < -0.39 is 0 Å². The molecule has 1 aromatic heterocycles. The molecule has 3 rings (SSSR count). The maximum Gasteiger partial charge on any atom is 0.211 e. The van der Waals surface area contributed by atoms with E-state index in [-0.39, 0.29) is 29.8 Å². The van der Waals surface area contributed by atoms with E-state index in [1.165, 1.54) is 0 Å². The quantitative estimate of drug-likeness (QED) is 0.572. The molecule has 4 heteroatoms. The van der Waals surface area contributed by atoms with Gasteiger partial charge < -0.3 is 9.47 Å². The number of carbonyl (C=O) groups excluding carboxylic acids is 1. The number of nitrogens with zero attached hydrogens (tertiary/aromatic N) is 2. The van der Waals surface area contributed by atoms with Crippen LogP contribution in [0, 0.1) is 0 Å². The lowest BCUT2D eigenvalue weighted by Gasteiger charge is -2.12. The number of Topliss-reactive ketones (excluding diaryl/α,β-unsaturated/α-hetero) is 1. The number of anilines is 1. The van der Waals surface area contributed by atoms with Crippen molar-refractivity contribution >= 4 is 41.5 Å². The minimum Gasteiger partial charge on any atom is -0.357 e. The summed E-state index contributed by atoms with van der Waals surface area (Å²) in [7, 11) is 3.90. The smallest absolute Gasteiger partial charge is 0.211 e. The van der Waals surface area contributed by atoms with Crippen molar-refractivity contribution in [2.75, 3.05) is 11.9 Å². The van der Waals surface area contributed by atoms with Gasteiger partial charge in [-0.2, -0.15) is 0 Å². The number of allylic oxidation sites excluding steroid dienone is 1. The van der Waals surface area contributed by atoms with Gasteiger partial charge in [-0.1, -0.05) is 12.1 Å². The van der Waals surface area contributed by atoms with E-state index in [2.05, 4.69) is 0 Å². The molecule has 0 amide bonds. The van der Waals surface area contributed by atoms with Crippen molar-refractivity contribution in [2.45, 2.75) is 0 Å². The maximum absolute atomic E-state index is 12.3. The van der Waals surface area contributed by atoms with E-state index in [4.69, 9.17) is 0 Å². The molecule has 0 bridgehead atoms. The van der Waals surface area contributed by atoms with Gasteiger partial charge in [0.15, 0.2) is 0 Å². The Balaban J connectivity index is 0.00000133. The molecule has 0 spiro atoms. The van der Waals surface area contributed by atoms with Gasteiger partial charge in [0.1, 0.15) is 0 Å². The molecule has 0 aliphatic carbocycles. The van der Waals surface area contributed by atoms with E-state index in [1.807, 2.05) is 72.4 Å². The summed E-state index contributed by atoms with van der Waals surface area (Å²) in [6, 6.07) is 9.69. The Hall–Kier alpha value is -1.56. The number of fused-ring (bicyclic) bond motifs is 1. The largest absolute Gasteiger partial charge is 0.357 e. The second-order valence-corrected chi connectivity index (χ2v) is 4.55. The highest BCUT2D eigenvalue weighted by molar-refractivity contribution is 14.0. The Morgan fingerprint density at radius 3 is 2.47 bits per heavy atom. The van der Waals surface area contributed by atoms with Gasteiger partial charge in [0, 0.05) is 32.1 Å². The van der Waals surface area contributed by atoms with E-state index in [0.717, 1.165) is 22.5 Å². The third kappa shape index (κ3) is 2.32. The van der Waals surface area contributed by atoms with Crippen molar-refractivity contribution in [1.82, 2.24) is 4.57 Å². The number of benzene rings is 1. The lowest BCUT2D eigenvalue weighted by molar-refractivity contribution is 0.104. The summed E-state index contributed by atoms with van der Waals surface area (Å²) in [5.41, 5.74) is 3.52. The fourth-order valence-corrected chi connectivity index (χ4v) is 2.31. The topological polar surface area (TPSA) is 25.2 Å². The van der Waals surface area contributed by atoms with Crippen LogP contribution in [0.15, 0.2) is 48.4 Å². The van der Waals surface area contributed by atoms with Crippen molar-refractivity contribution in [1.29, 1.82) is 0 Å². The van der Waals surface area contributed by atoms with E-state index in [0.29, 0.717) is 0 Å². The molecule has 0 atom stereocenters. The Morgan fingerprint density at radius 1 is 1.11 bits per heavy atom. The first-order valence-corrected chi connectivity index (χ1v) is 5.88. The predicted octanol–water partition coefficient (Wildman–Crippen LogP) is 3.32. The summed E-state index contributed by atoms with van der Waals surface area (Å²) >= 11 is 0. The van der Waals surface area contributed by atoms with Crippen LogP contribution in [-0.2, 0) is 7.05 Å². The number of carbonyl (C=O) groups is 1. The first kappa shape index (κ1) is 13.9. The number of likely N-dealkylation sites (N-methyl/N-ethyl adjacent to an activating group) is 1. The van der Waals surface area contributed by atoms with E-state index in [9.17, 15) is 4.79 Å². The van der Waals surface area contributed by atoms with Crippen molar-refractivity contribution in [2.24, 2.45) is 7.05 Å². The minimum absolute atomic E-state index is 0. The van der Waals surface area contributed by atoms with Crippen LogP contribution in [0.2, 0.25) is 0 Å². The summed E-state index contributed by atoms with van der Waals surface area (Å²) in [4.78, 5) is 14.3. The average molecular weight is 366 g/mol. The fourth-order valence-electron chi connectivity index (χ4n) is 2.31. The fraction of sp³-hybridized carbons (Fsp3) is 0.133. The lowest BCUT2D eigenvalue weighted by atomic mass is 10.1. The highest BCUT2D eigenvalue weighted by Crippen LogP contribution is 2.33. The van der Waals surface area contributed by atoms with Gasteiger partial charge >= 0.3 is 0 Å². The van der Waals surface area contributed by atoms with Crippen LogP contribution in [0.5, 0.6) is 0 Å². The zero-order valence-electron chi connectivity index (χ0n) is 10.8. The number of para-hydroxylation sites is 1. The second-order valence-electron chi connectivity index (χ2n) is 4.55. The monoisotopic (exact) mass is 366 g/mol. The van der Waals surface area contributed by atoms with Crippen LogP contribution in [0.3, 0.4) is 0 Å². The molecule has 0 saturated carbocycles. The highest BCUT2D eigenvalue weighted by atomic mass is 127. The van der Waals surface area contributed by atoms with Crippen molar-refractivity contribution in [3.8, 4) is 0 Å². The van der Waals surface area contributed by atoms with Crippen molar-refractivity contribution in [3.63, 3.8) is 0 Å².